The molecule has 5 heteroatoms. The fraction of sp³-hybridized carbons (Fsp3) is 0.250. The normalized spacial score (nSPS) is 14.7. The number of aliphatic hydroxyl groups excluding tert-OH is 2. The summed E-state index contributed by atoms with van der Waals surface area (Å²) in [6.45, 7) is 0. The Morgan fingerprint density at radius 1 is 0.714 bits per heavy atom. The largest absolute Gasteiger partial charge is 0.406 e. The van der Waals surface area contributed by atoms with Crippen molar-refractivity contribution in [1.29, 1.82) is 0 Å². The van der Waals surface area contributed by atoms with Crippen LogP contribution in [0.5, 0.6) is 0 Å². The Morgan fingerprint density at radius 2 is 1.05 bits per heavy atom. The van der Waals surface area contributed by atoms with Crippen LogP contribution in [0, 0.1) is 0 Å². The fourth-order valence-electron chi connectivity index (χ4n) is 2.41. The summed E-state index contributed by atoms with van der Waals surface area (Å²) in [6.07, 6.45) is 0. The van der Waals surface area contributed by atoms with Crippen LogP contribution in [0.1, 0.15) is 22.6 Å². The van der Waals surface area contributed by atoms with Gasteiger partial charge in [0.1, 0.15) is 11.5 Å². The molecule has 21 heavy (non-hydrogen) atoms. The van der Waals surface area contributed by atoms with E-state index in [2.05, 4.69) is 0 Å². The third-order valence-corrected chi connectivity index (χ3v) is 7.10. The van der Waals surface area contributed by atoms with Gasteiger partial charge in [-0.15, -0.1) is 0 Å². The van der Waals surface area contributed by atoms with Crippen LogP contribution in [0.3, 0.4) is 0 Å². The molecule has 2 aromatic carbocycles. The molecule has 2 atom stereocenters. The lowest BCUT2D eigenvalue weighted by atomic mass is 10.2. The number of aliphatic hydroxyl groups is 2. The van der Waals surface area contributed by atoms with E-state index in [0.29, 0.717) is 11.1 Å². The highest BCUT2D eigenvalue weighted by atomic mass is 28.4. The van der Waals surface area contributed by atoms with Gasteiger partial charge in [0.2, 0.25) is 0 Å². The van der Waals surface area contributed by atoms with Crippen molar-refractivity contribution in [3.63, 3.8) is 0 Å². The van der Waals surface area contributed by atoms with Crippen LogP contribution >= 0.6 is 0 Å². The van der Waals surface area contributed by atoms with Crippen LogP contribution in [0.25, 0.3) is 0 Å². The Morgan fingerprint density at radius 3 is 1.33 bits per heavy atom. The molecule has 0 aromatic heterocycles. The van der Waals surface area contributed by atoms with Gasteiger partial charge >= 0.3 is 8.56 Å². The zero-order valence-electron chi connectivity index (χ0n) is 12.1. The molecule has 0 amide bonds. The van der Waals surface area contributed by atoms with E-state index in [9.17, 15) is 10.2 Å². The zero-order chi connectivity index (χ0) is 15.3. The minimum absolute atomic E-state index is 0.669. The molecule has 0 aliphatic heterocycles. The second-order valence-electron chi connectivity index (χ2n) is 4.76. The van der Waals surface area contributed by atoms with E-state index < -0.39 is 20.0 Å². The highest BCUT2D eigenvalue weighted by molar-refractivity contribution is 6.69. The Kier molecular flexibility index (Phi) is 5.27. The summed E-state index contributed by atoms with van der Waals surface area (Å²) in [5, 5.41) is 21.4. The minimum atomic E-state index is -3.32. The number of benzene rings is 2. The van der Waals surface area contributed by atoms with Gasteiger partial charge in [-0.3, -0.25) is 0 Å². The van der Waals surface area contributed by atoms with Gasteiger partial charge in [0.25, 0.3) is 0 Å². The number of rotatable bonds is 6. The molecular weight excluding hydrogens is 284 g/mol. The van der Waals surface area contributed by atoms with Gasteiger partial charge in [0, 0.05) is 14.2 Å². The molecule has 4 nitrogen and oxygen atoms in total. The first-order valence-electron chi connectivity index (χ1n) is 6.72. The topological polar surface area (TPSA) is 58.9 Å². The Labute approximate surface area is 125 Å². The maximum atomic E-state index is 10.7. The Balaban J connectivity index is 2.40. The van der Waals surface area contributed by atoms with E-state index in [1.807, 2.05) is 36.4 Å². The summed E-state index contributed by atoms with van der Waals surface area (Å²) in [7, 11) is -0.388. The summed E-state index contributed by atoms with van der Waals surface area (Å²) in [5.74, 6) is 0. The molecule has 2 rings (SSSR count). The zero-order valence-corrected chi connectivity index (χ0v) is 13.1. The smallest absolute Gasteiger partial charge is 0.394 e. The van der Waals surface area contributed by atoms with Crippen LogP contribution in [0.15, 0.2) is 60.7 Å². The van der Waals surface area contributed by atoms with Gasteiger partial charge in [-0.1, -0.05) is 60.7 Å². The summed E-state index contributed by atoms with van der Waals surface area (Å²) < 4.78 is 11.1. The van der Waals surface area contributed by atoms with Crippen LogP contribution in [0.4, 0.5) is 0 Å². The maximum absolute atomic E-state index is 10.7. The average molecular weight is 304 g/mol. The molecule has 0 radical (unpaired) electrons. The lowest BCUT2D eigenvalue weighted by Crippen LogP contribution is -2.53. The predicted molar refractivity (Wildman–Crippen MR) is 82.6 cm³/mol. The average Bonchev–Trinajstić information content (AvgIpc) is 2.57. The third-order valence-electron chi connectivity index (χ3n) is 3.63. The summed E-state index contributed by atoms with van der Waals surface area (Å²) in [4.78, 5) is 0. The van der Waals surface area contributed by atoms with E-state index in [4.69, 9.17) is 8.85 Å². The quantitative estimate of drug-likeness (QED) is 0.804. The first kappa shape index (κ1) is 15.9. The van der Waals surface area contributed by atoms with Crippen LogP contribution in [-0.4, -0.2) is 33.0 Å². The first-order valence-corrected chi connectivity index (χ1v) is 8.69. The van der Waals surface area contributed by atoms with E-state index >= 15 is 0 Å². The third kappa shape index (κ3) is 3.07. The molecule has 2 aromatic rings. The lowest BCUT2D eigenvalue weighted by Gasteiger charge is -2.36. The van der Waals surface area contributed by atoms with Gasteiger partial charge in [0.05, 0.1) is 0 Å². The minimum Gasteiger partial charge on any atom is -0.394 e. The SMILES string of the molecule is CO[Si](OC)(C(O)c1ccccc1)C(O)c1ccccc1. The van der Waals surface area contributed by atoms with Gasteiger partial charge in [-0.2, -0.15) is 0 Å². The van der Waals surface area contributed by atoms with Crippen LogP contribution in [0.2, 0.25) is 0 Å². The first-order chi connectivity index (χ1) is 10.2. The van der Waals surface area contributed by atoms with Crippen molar-refractivity contribution in [2.24, 2.45) is 0 Å². The van der Waals surface area contributed by atoms with Gasteiger partial charge in [-0.25, -0.2) is 0 Å². The number of hydrogen-bond acceptors (Lipinski definition) is 4. The fourth-order valence-corrected chi connectivity index (χ4v) is 5.09. The van der Waals surface area contributed by atoms with Crippen molar-refractivity contribution in [3.8, 4) is 0 Å². The van der Waals surface area contributed by atoms with E-state index in [-0.39, 0.29) is 0 Å². The van der Waals surface area contributed by atoms with Gasteiger partial charge in [0.15, 0.2) is 0 Å². The molecule has 112 valence electrons. The molecule has 2 unspecified atom stereocenters. The van der Waals surface area contributed by atoms with Gasteiger partial charge in [-0.05, 0) is 11.1 Å². The van der Waals surface area contributed by atoms with Crippen molar-refractivity contribution in [2.45, 2.75) is 11.5 Å². The van der Waals surface area contributed by atoms with Gasteiger partial charge < -0.3 is 19.1 Å². The molecule has 0 fully saturated rings. The van der Waals surface area contributed by atoms with Crippen molar-refractivity contribution < 1.29 is 19.1 Å². The molecular formula is C16H20O4Si. The van der Waals surface area contributed by atoms with E-state index in [0.717, 1.165) is 0 Å². The lowest BCUT2D eigenvalue weighted by molar-refractivity contribution is 0.0854. The van der Waals surface area contributed by atoms with Crippen molar-refractivity contribution in [1.82, 2.24) is 0 Å². The maximum Gasteiger partial charge on any atom is 0.406 e. The van der Waals surface area contributed by atoms with Crippen LogP contribution in [-0.2, 0) is 8.85 Å². The number of hydrogen-bond donors (Lipinski definition) is 2. The monoisotopic (exact) mass is 304 g/mol. The summed E-state index contributed by atoms with van der Waals surface area (Å²) in [6, 6.07) is 18.2. The molecule has 0 aliphatic rings. The highest BCUT2D eigenvalue weighted by Gasteiger charge is 2.52. The molecule has 0 heterocycles. The Hall–Kier alpha value is -1.50. The van der Waals surface area contributed by atoms with Crippen molar-refractivity contribution >= 4 is 8.56 Å². The summed E-state index contributed by atoms with van der Waals surface area (Å²) >= 11 is 0. The predicted octanol–water partition coefficient (Wildman–Crippen LogP) is 2.27. The molecule has 0 bridgehead atoms. The molecule has 0 spiro atoms. The van der Waals surface area contributed by atoms with Crippen molar-refractivity contribution in [2.75, 3.05) is 14.2 Å². The standard InChI is InChI=1S/C16H20O4Si/c1-19-21(20-2,15(17)13-9-5-3-6-10-13)16(18)14-11-7-4-8-12-14/h3-12,15-18H,1-2H3. The molecule has 2 N–H and O–H groups in total. The Bertz CT molecular complexity index is 495. The molecule has 0 saturated heterocycles. The highest BCUT2D eigenvalue weighted by Crippen LogP contribution is 2.35. The van der Waals surface area contributed by atoms with Crippen LogP contribution < -0.4 is 0 Å². The van der Waals surface area contributed by atoms with E-state index in [1.165, 1.54) is 14.2 Å². The van der Waals surface area contributed by atoms with E-state index in [1.54, 1.807) is 24.3 Å². The second-order valence-corrected chi connectivity index (χ2v) is 8.11. The van der Waals surface area contributed by atoms with Crippen molar-refractivity contribution in [3.05, 3.63) is 71.8 Å². The molecule has 0 aliphatic carbocycles. The second kappa shape index (κ2) is 6.97. The molecule has 0 saturated carbocycles. The summed E-state index contributed by atoms with van der Waals surface area (Å²) in [5.41, 5.74) is -0.654.